The lowest BCUT2D eigenvalue weighted by atomic mass is 10.0. The molecule has 1 aliphatic rings. The van der Waals surface area contributed by atoms with Crippen LogP contribution in [0.15, 0.2) is 29.2 Å². The molecule has 4 heteroatoms. The maximum absolute atomic E-state index is 11.8. The summed E-state index contributed by atoms with van der Waals surface area (Å²) in [5.41, 5.74) is 6.69. The number of fused-ring (bicyclic) bond motifs is 1. The van der Waals surface area contributed by atoms with Crippen LogP contribution in [0.2, 0.25) is 0 Å². The molecule has 1 aliphatic heterocycles. The maximum Gasteiger partial charge on any atom is 0.220 e. The molecule has 1 amide bonds. The summed E-state index contributed by atoms with van der Waals surface area (Å²) in [5.74, 6) is 1.22. The number of benzene rings is 1. The molecule has 0 fully saturated rings. The molecule has 3 nitrogen and oxygen atoms in total. The summed E-state index contributed by atoms with van der Waals surface area (Å²) in [4.78, 5) is 13.1. The van der Waals surface area contributed by atoms with Crippen LogP contribution in [0.1, 0.15) is 37.3 Å². The minimum Gasteiger partial charge on any atom is -0.349 e. The van der Waals surface area contributed by atoms with Gasteiger partial charge in [-0.05, 0) is 37.4 Å². The van der Waals surface area contributed by atoms with Crippen LogP contribution in [0.3, 0.4) is 0 Å². The van der Waals surface area contributed by atoms with E-state index in [1.165, 1.54) is 10.5 Å². The number of hydrogen-bond donors (Lipinski definition) is 2. The Balaban J connectivity index is 1.92. The summed E-state index contributed by atoms with van der Waals surface area (Å²) in [7, 11) is 0. The van der Waals surface area contributed by atoms with Crippen molar-refractivity contribution in [2.24, 2.45) is 5.73 Å². The predicted molar refractivity (Wildman–Crippen MR) is 75.6 cm³/mol. The number of amides is 1. The van der Waals surface area contributed by atoms with Crippen molar-refractivity contribution in [3.8, 4) is 0 Å². The Morgan fingerprint density at radius 3 is 3.06 bits per heavy atom. The van der Waals surface area contributed by atoms with Gasteiger partial charge in [-0.2, -0.15) is 0 Å². The average molecular weight is 264 g/mol. The molecule has 18 heavy (non-hydrogen) atoms. The Morgan fingerprint density at radius 2 is 2.22 bits per heavy atom. The molecule has 2 rings (SSSR count). The van der Waals surface area contributed by atoms with E-state index in [4.69, 9.17) is 5.73 Å². The quantitative estimate of drug-likeness (QED) is 0.803. The highest BCUT2D eigenvalue weighted by atomic mass is 32.2. The molecule has 0 radical (unpaired) electrons. The van der Waals surface area contributed by atoms with Crippen LogP contribution in [0.25, 0.3) is 0 Å². The van der Waals surface area contributed by atoms with Crippen molar-refractivity contribution in [2.45, 2.75) is 36.6 Å². The minimum atomic E-state index is 0.148. The molecule has 0 aliphatic carbocycles. The fourth-order valence-electron chi connectivity index (χ4n) is 2.19. The van der Waals surface area contributed by atoms with Gasteiger partial charge in [0.1, 0.15) is 0 Å². The third kappa shape index (κ3) is 3.50. The van der Waals surface area contributed by atoms with E-state index in [1.807, 2.05) is 17.8 Å². The lowest BCUT2D eigenvalue weighted by Gasteiger charge is -2.25. The van der Waals surface area contributed by atoms with Gasteiger partial charge in [0.15, 0.2) is 0 Å². The van der Waals surface area contributed by atoms with E-state index in [1.54, 1.807) is 0 Å². The number of unbranched alkanes of at least 4 members (excludes halogenated alkanes) is 1. The summed E-state index contributed by atoms with van der Waals surface area (Å²) in [6.07, 6.45) is 3.41. The number of thioether (sulfide) groups is 1. The number of rotatable bonds is 5. The second-order valence-electron chi connectivity index (χ2n) is 4.54. The lowest BCUT2D eigenvalue weighted by Crippen LogP contribution is -2.30. The Morgan fingerprint density at radius 1 is 1.39 bits per heavy atom. The van der Waals surface area contributed by atoms with Crippen LogP contribution in [0, 0.1) is 0 Å². The van der Waals surface area contributed by atoms with Crippen LogP contribution in [0.5, 0.6) is 0 Å². The number of hydrogen-bond acceptors (Lipinski definition) is 3. The second kappa shape index (κ2) is 6.81. The summed E-state index contributed by atoms with van der Waals surface area (Å²) < 4.78 is 0. The highest BCUT2D eigenvalue weighted by molar-refractivity contribution is 7.99. The van der Waals surface area contributed by atoms with Crippen LogP contribution in [0.4, 0.5) is 0 Å². The Hall–Kier alpha value is -1.00. The van der Waals surface area contributed by atoms with Crippen LogP contribution in [-0.2, 0) is 4.79 Å². The fourth-order valence-corrected chi connectivity index (χ4v) is 3.31. The molecule has 1 aromatic rings. The van der Waals surface area contributed by atoms with Gasteiger partial charge in [0.05, 0.1) is 6.04 Å². The zero-order chi connectivity index (χ0) is 12.8. The largest absolute Gasteiger partial charge is 0.349 e. The molecule has 1 atom stereocenters. The smallest absolute Gasteiger partial charge is 0.220 e. The number of carbonyl (C=O) groups excluding carboxylic acids is 1. The monoisotopic (exact) mass is 264 g/mol. The van der Waals surface area contributed by atoms with Crippen LogP contribution >= 0.6 is 11.8 Å². The topological polar surface area (TPSA) is 55.1 Å². The molecule has 0 aromatic heterocycles. The molecule has 0 saturated carbocycles. The van der Waals surface area contributed by atoms with E-state index >= 15 is 0 Å². The van der Waals surface area contributed by atoms with Gasteiger partial charge in [-0.15, -0.1) is 11.8 Å². The first-order chi connectivity index (χ1) is 8.81. The molecule has 1 heterocycles. The van der Waals surface area contributed by atoms with Gasteiger partial charge in [0, 0.05) is 17.1 Å². The summed E-state index contributed by atoms with van der Waals surface area (Å²) in [6.45, 7) is 0.663. The van der Waals surface area contributed by atoms with E-state index in [0.717, 1.165) is 25.0 Å². The van der Waals surface area contributed by atoms with Gasteiger partial charge in [-0.3, -0.25) is 4.79 Å². The highest BCUT2D eigenvalue weighted by Crippen LogP contribution is 2.35. The van der Waals surface area contributed by atoms with E-state index in [0.29, 0.717) is 13.0 Å². The van der Waals surface area contributed by atoms with Crippen molar-refractivity contribution < 1.29 is 4.79 Å². The van der Waals surface area contributed by atoms with E-state index in [9.17, 15) is 4.79 Å². The van der Waals surface area contributed by atoms with Gasteiger partial charge in [-0.25, -0.2) is 0 Å². The summed E-state index contributed by atoms with van der Waals surface area (Å²) in [5, 5.41) is 3.14. The number of carbonyl (C=O) groups is 1. The van der Waals surface area contributed by atoms with E-state index in [-0.39, 0.29) is 11.9 Å². The molecule has 1 aromatic carbocycles. The van der Waals surface area contributed by atoms with Crippen LogP contribution < -0.4 is 11.1 Å². The van der Waals surface area contributed by atoms with E-state index in [2.05, 4.69) is 23.5 Å². The zero-order valence-corrected chi connectivity index (χ0v) is 11.3. The van der Waals surface area contributed by atoms with Gasteiger partial charge in [0.2, 0.25) is 5.91 Å². The highest BCUT2D eigenvalue weighted by Gasteiger charge is 2.21. The first-order valence-corrected chi connectivity index (χ1v) is 7.51. The number of nitrogens with two attached hydrogens (primary N) is 1. The van der Waals surface area contributed by atoms with Crippen molar-refractivity contribution in [2.75, 3.05) is 12.3 Å². The van der Waals surface area contributed by atoms with E-state index < -0.39 is 0 Å². The third-order valence-corrected chi connectivity index (χ3v) is 4.27. The van der Waals surface area contributed by atoms with Crippen molar-refractivity contribution in [3.63, 3.8) is 0 Å². The zero-order valence-electron chi connectivity index (χ0n) is 10.5. The summed E-state index contributed by atoms with van der Waals surface area (Å²) >= 11 is 1.87. The second-order valence-corrected chi connectivity index (χ2v) is 5.68. The molecular formula is C14H20N2OS. The normalized spacial score (nSPS) is 18.2. The average Bonchev–Trinajstić information content (AvgIpc) is 2.39. The summed E-state index contributed by atoms with van der Waals surface area (Å²) in [6, 6.07) is 8.53. The molecule has 0 spiro atoms. The fraction of sp³-hybridized carbons (Fsp3) is 0.500. The molecule has 1 unspecified atom stereocenters. The van der Waals surface area contributed by atoms with Gasteiger partial charge in [-0.1, -0.05) is 18.2 Å². The first kappa shape index (κ1) is 13.4. The molecule has 3 N–H and O–H groups in total. The van der Waals surface area contributed by atoms with Crippen molar-refractivity contribution in [1.29, 1.82) is 0 Å². The molecular weight excluding hydrogens is 244 g/mol. The predicted octanol–water partition coefficient (Wildman–Crippen LogP) is 2.47. The van der Waals surface area contributed by atoms with Crippen molar-refractivity contribution in [3.05, 3.63) is 29.8 Å². The van der Waals surface area contributed by atoms with Crippen LogP contribution in [-0.4, -0.2) is 18.2 Å². The molecule has 98 valence electrons. The SMILES string of the molecule is NCCCCC(=O)NC1CCSc2ccccc21. The molecule has 0 saturated heterocycles. The Kier molecular flexibility index (Phi) is 5.08. The first-order valence-electron chi connectivity index (χ1n) is 6.52. The lowest BCUT2D eigenvalue weighted by molar-refractivity contribution is -0.122. The Bertz CT molecular complexity index is 409. The Labute approximate surface area is 113 Å². The van der Waals surface area contributed by atoms with Crippen molar-refractivity contribution in [1.82, 2.24) is 5.32 Å². The van der Waals surface area contributed by atoms with Crippen molar-refractivity contribution >= 4 is 17.7 Å². The maximum atomic E-state index is 11.8. The van der Waals surface area contributed by atoms with Gasteiger partial charge >= 0.3 is 0 Å². The van der Waals surface area contributed by atoms with Gasteiger partial charge < -0.3 is 11.1 Å². The van der Waals surface area contributed by atoms with Gasteiger partial charge in [0.25, 0.3) is 0 Å². The molecule has 0 bridgehead atoms. The standard InChI is InChI=1S/C14H20N2OS/c15-9-4-3-7-14(17)16-12-8-10-18-13-6-2-1-5-11(12)13/h1-2,5-6,12H,3-4,7-10,15H2,(H,16,17). The minimum absolute atomic E-state index is 0.148. The third-order valence-electron chi connectivity index (χ3n) is 3.15. The number of nitrogens with one attached hydrogen (secondary N) is 1.